The maximum absolute atomic E-state index is 12.9. The van der Waals surface area contributed by atoms with Gasteiger partial charge in [0, 0.05) is 11.6 Å². The molecular formula is C10H6ClFOS. The fraction of sp³-hybridized carbons (Fsp3) is 0. The van der Waals surface area contributed by atoms with Crippen molar-refractivity contribution >= 4 is 22.9 Å². The summed E-state index contributed by atoms with van der Waals surface area (Å²) in [4.78, 5) is 0. The van der Waals surface area contributed by atoms with E-state index in [2.05, 4.69) is 0 Å². The second-order valence-corrected chi connectivity index (χ2v) is 3.98. The molecule has 0 aliphatic carbocycles. The van der Waals surface area contributed by atoms with Crippen LogP contribution in [0.5, 0.6) is 5.75 Å². The second-order valence-electron chi connectivity index (χ2n) is 2.80. The minimum Gasteiger partial charge on any atom is -0.507 e. The lowest BCUT2D eigenvalue weighted by Gasteiger charge is -2.03. The van der Waals surface area contributed by atoms with E-state index >= 15 is 0 Å². The van der Waals surface area contributed by atoms with Gasteiger partial charge in [-0.3, -0.25) is 0 Å². The Bertz CT molecular complexity index is 453. The molecule has 0 spiro atoms. The van der Waals surface area contributed by atoms with Crippen LogP contribution in [-0.2, 0) is 0 Å². The average molecular weight is 229 g/mol. The van der Waals surface area contributed by atoms with Gasteiger partial charge in [0.15, 0.2) is 0 Å². The molecule has 1 heterocycles. The van der Waals surface area contributed by atoms with E-state index in [1.165, 1.54) is 17.4 Å². The normalized spacial score (nSPS) is 10.4. The van der Waals surface area contributed by atoms with E-state index < -0.39 is 5.82 Å². The van der Waals surface area contributed by atoms with Crippen molar-refractivity contribution in [3.8, 4) is 16.9 Å². The Balaban J connectivity index is 2.60. The molecule has 0 aliphatic heterocycles. The number of phenols is 1. The first-order valence-electron chi connectivity index (χ1n) is 3.89. The zero-order chi connectivity index (χ0) is 10.1. The lowest BCUT2D eigenvalue weighted by molar-refractivity contribution is 0.471. The highest BCUT2D eigenvalue weighted by atomic mass is 35.5. The van der Waals surface area contributed by atoms with Crippen molar-refractivity contribution < 1.29 is 9.50 Å². The van der Waals surface area contributed by atoms with Crippen LogP contribution in [-0.4, -0.2) is 5.11 Å². The smallest absolute Gasteiger partial charge is 0.145 e. The predicted octanol–water partition coefficient (Wildman–Crippen LogP) is 3.91. The number of aromatic hydroxyl groups is 1. The molecule has 72 valence electrons. The predicted molar refractivity (Wildman–Crippen MR) is 56.4 cm³/mol. The van der Waals surface area contributed by atoms with Crippen molar-refractivity contribution in [1.82, 2.24) is 0 Å². The maximum Gasteiger partial charge on any atom is 0.145 e. The molecule has 1 N–H and O–H groups in total. The topological polar surface area (TPSA) is 20.2 Å². The van der Waals surface area contributed by atoms with Crippen LogP contribution in [0.25, 0.3) is 11.1 Å². The Labute approximate surface area is 89.4 Å². The molecule has 0 radical (unpaired) electrons. The molecular weight excluding hydrogens is 223 g/mol. The van der Waals surface area contributed by atoms with Gasteiger partial charge < -0.3 is 5.11 Å². The third kappa shape index (κ3) is 1.61. The van der Waals surface area contributed by atoms with Crippen LogP contribution < -0.4 is 0 Å². The summed E-state index contributed by atoms with van der Waals surface area (Å²) in [6, 6.07) is 4.29. The fourth-order valence-corrected chi connectivity index (χ4v) is 2.00. The van der Waals surface area contributed by atoms with E-state index in [9.17, 15) is 9.50 Å². The van der Waals surface area contributed by atoms with Gasteiger partial charge in [-0.25, -0.2) is 4.39 Å². The minimum atomic E-state index is -0.608. The maximum atomic E-state index is 12.9. The van der Waals surface area contributed by atoms with E-state index in [0.717, 1.165) is 11.6 Å². The molecule has 0 atom stereocenters. The largest absolute Gasteiger partial charge is 0.507 e. The molecule has 2 aromatic rings. The summed E-state index contributed by atoms with van der Waals surface area (Å²) in [7, 11) is 0. The Morgan fingerprint density at radius 3 is 2.79 bits per heavy atom. The van der Waals surface area contributed by atoms with E-state index in [0.29, 0.717) is 5.56 Å². The number of benzene rings is 1. The number of halogens is 2. The fourth-order valence-electron chi connectivity index (χ4n) is 1.19. The van der Waals surface area contributed by atoms with Gasteiger partial charge in [-0.05, 0) is 28.5 Å². The minimum absolute atomic E-state index is 0.0176. The summed E-state index contributed by atoms with van der Waals surface area (Å²) < 4.78 is 12.9. The van der Waals surface area contributed by atoms with Gasteiger partial charge in [0.1, 0.15) is 11.6 Å². The van der Waals surface area contributed by atoms with Crippen molar-refractivity contribution in [2.75, 3.05) is 0 Å². The van der Waals surface area contributed by atoms with Gasteiger partial charge in [0.2, 0.25) is 0 Å². The first-order chi connectivity index (χ1) is 6.68. The summed E-state index contributed by atoms with van der Waals surface area (Å²) in [5.74, 6) is -0.701. The zero-order valence-electron chi connectivity index (χ0n) is 7.00. The van der Waals surface area contributed by atoms with Gasteiger partial charge in [-0.15, -0.1) is 0 Å². The Kier molecular flexibility index (Phi) is 2.44. The van der Waals surface area contributed by atoms with E-state index in [-0.39, 0.29) is 10.8 Å². The SMILES string of the molecule is Oc1cc(F)c(Cl)cc1-c1ccsc1. The molecule has 1 aromatic carbocycles. The lowest BCUT2D eigenvalue weighted by atomic mass is 10.1. The van der Waals surface area contributed by atoms with Crippen LogP contribution in [0.4, 0.5) is 4.39 Å². The molecule has 0 fully saturated rings. The summed E-state index contributed by atoms with van der Waals surface area (Å²) in [6.07, 6.45) is 0. The highest BCUT2D eigenvalue weighted by molar-refractivity contribution is 7.08. The van der Waals surface area contributed by atoms with Crippen molar-refractivity contribution in [2.45, 2.75) is 0 Å². The van der Waals surface area contributed by atoms with Gasteiger partial charge >= 0.3 is 0 Å². The van der Waals surface area contributed by atoms with Crippen molar-refractivity contribution in [2.24, 2.45) is 0 Å². The third-order valence-electron chi connectivity index (χ3n) is 1.87. The van der Waals surface area contributed by atoms with Crippen LogP contribution in [0.1, 0.15) is 0 Å². The van der Waals surface area contributed by atoms with Crippen LogP contribution in [0, 0.1) is 5.82 Å². The van der Waals surface area contributed by atoms with E-state index in [1.807, 2.05) is 16.8 Å². The number of hydrogen-bond donors (Lipinski definition) is 1. The van der Waals surface area contributed by atoms with Crippen molar-refractivity contribution in [3.63, 3.8) is 0 Å². The van der Waals surface area contributed by atoms with Crippen LogP contribution in [0.15, 0.2) is 29.0 Å². The second kappa shape index (κ2) is 3.59. The van der Waals surface area contributed by atoms with Gasteiger partial charge in [-0.1, -0.05) is 11.6 Å². The summed E-state index contributed by atoms with van der Waals surface area (Å²) in [5.41, 5.74) is 1.40. The Morgan fingerprint density at radius 2 is 2.14 bits per heavy atom. The number of thiophene rings is 1. The highest BCUT2D eigenvalue weighted by Crippen LogP contribution is 2.34. The molecule has 0 unspecified atom stereocenters. The lowest BCUT2D eigenvalue weighted by Crippen LogP contribution is -1.81. The molecule has 0 amide bonds. The summed E-state index contributed by atoms with van der Waals surface area (Å²) in [6.45, 7) is 0. The molecule has 0 aliphatic rings. The monoisotopic (exact) mass is 228 g/mol. The number of phenolic OH excluding ortho intramolecular Hbond substituents is 1. The molecule has 4 heteroatoms. The van der Waals surface area contributed by atoms with Crippen molar-refractivity contribution in [3.05, 3.63) is 39.8 Å². The first-order valence-corrected chi connectivity index (χ1v) is 5.21. The molecule has 0 saturated heterocycles. The molecule has 0 bridgehead atoms. The van der Waals surface area contributed by atoms with Gasteiger partial charge in [0.25, 0.3) is 0 Å². The number of hydrogen-bond acceptors (Lipinski definition) is 2. The van der Waals surface area contributed by atoms with Crippen LogP contribution >= 0.6 is 22.9 Å². The van der Waals surface area contributed by atoms with E-state index in [1.54, 1.807) is 0 Å². The van der Waals surface area contributed by atoms with Crippen LogP contribution in [0.2, 0.25) is 5.02 Å². The van der Waals surface area contributed by atoms with Crippen LogP contribution in [0.3, 0.4) is 0 Å². The van der Waals surface area contributed by atoms with E-state index in [4.69, 9.17) is 11.6 Å². The molecule has 1 aromatic heterocycles. The van der Waals surface area contributed by atoms with Crippen molar-refractivity contribution in [1.29, 1.82) is 0 Å². The highest BCUT2D eigenvalue weighted by Gasteiger charge is 2.09. The quantitative estimate of drug-likeness (QED) is 0.785. The first kappa shape index (κ1) is 9.49. The zero-order valence-corrected chi connectivity index (χ0v) is 8.57. The van der Waals surface area contributed by atoms with Gasteiger partial charge in [0.05, 0.1) is 5.02 Å². The molecule has 14 heavy (non-hydrogen) atoms. The Morgan fingerprint density at radius 1 is 1.36 bits per heavy atom. The Hall–Kier alpha value is -1.06. The molecule has 1 nitrogen and oxygen atoms in total. The number of rotatable bonds is 1. The van der Waals surface area contributed by atoms with Gasteiger partial charge in [-0.2, -0.15) is 11.3 Å². The summed E-state index contributed by atoms with van der Waals surface area (Å²) in [5, 5.41) is 13.3. The standard InChI is InChI=1S/C10H6ClFOS/c11-8-3-7(6-1-2-14-5-6)10(13)4-9(8)12/h1-5,13H. The average Bonchev–Trinajstić information content (AvgIpc) is 2.64. The third-order valence-corrected chi connectivity index (χ3v) is 2.84. The molecule has 0 saturated carbocycles. The summed E-state index contributed by atoms with van der Waals surface area (Å²) >= 11 is 7.13. The molecule has 2 rings (SSSR count).